The van der Waals surface area contributed by atoms with E-state index >= 15 is 0 Å². The van der Waals surface area contributed by atoms with E-state index in [1.807, 2.05) is 62.3 Å². The molecule has 0 saturated heterocycles. The van der Waals surface area contributed by atoms with Crippen LogP contribution in [0.2, 0.25) is 0 Å². The molecule has 0 unspecified atom stereocenters. The highest BCUT2D eigenvalue weighted by molar-refractivity contribution is 7.93. The molecular weight excluding hydrogens is 432 g/mol. The average molecular weight is 455 g/mol. The minimum atomic E-state index is -3.82. The van der Waals surface area contributed by atoms with Gasteiger partial charge in [0.15, 0.2) is 0 Å². The maximum Gasteiger partial charge on any atom is 0.269 e. The predicted octanol–water partition coefficient (Wildman–Crippen LogP) is 4.66. The van der Waals surface area contributed by atoms with Gasteiger partial charge in [-0.1, -0.05) is 29.4 Å². The van der Waals surface area contributed by atoms with Gasteiger partial charge in [-0.2, -0.15) is 4.98 Å². The number of rotatable bonds is 6. The van der Waals surface area contributed by atoms with Gasteiger partial charge in [0.2, 0.25) is 5.82 Å². The van der Waals surface area contributed by atoms with E-state index < -0.39 is 10.0 Å². The Morgan fingerprint density at radius 2 is 1.61 bits per heavy atom. The molecule has 0 fully saturated rings. The molecule has 0 atom stereocenters. The molecule has 0 spiro atoms. The molecule has 31 heavy (non-hydrogen) atoms. The Hall–Kier alpha value is -3.17. The molecule has 2 heterocycles. The second-order valence-corrected chi connectivity index (χ2v) is 10.1. The monoisotopic (exact) mass is 454 g/mol. The van der Waals surface area contributed by atoms with Crippen molar-refractivity contribution in [3.05, 3.63) is 65.5 Å². The van der Waals surface area contributed by atoms with Crippen LogP contribution in [0, 0.1) is 6.92 Å². The van der Waals surface area contributed by atoms with Gasteiger partial charge in [0, 0.05) is 32.4 Å². The minimum Gasteiger partial charge on any atom is -0.378 e. The number of hydrogen-bond donors (Lipinski definition) is 0. The summed E-state index contributed by atoms with van der Waals surface area (Å²) >= 11 is 1.25. The van der Waals surface area contributed by atoms with Crippen molar-refractivity contribution in [2.24, 2.45) is 0 Å². The molecule has 7 nitrogen and oxygen atoms in total. The maximum atomic E-state index is 13.4. The van der Waals surface area contributed by atoms with Crippen LogP contribution in [0.15, 0.2) is 69.4 Å². The molecule has 2 aromatic heterocycles. The lowest BCUT2D eigenvalue weighted by Crippen LogP contribution is -2.26. The largest absolute Gasteiger partial charge is 0.378 e. The zero-order valence-corrected chi connectivity index (χ0v) is 19.2. The molecule has 0 aliphatic rings. The molecular formula is C22H22N4O3S2. The number of hydrogen-bond acceptors (Lipinski definition) is 7. The van der Waals surface area contributed by atoms with E-state index in [2.05, 4.69) is 10.1 Å². The zero-order chi connectivity index (χ0) is 22.2. The van der Waals surface area contributed by atoms with Crippen LogP contribution in [0.25, 0.3) is 22.2 Å². The summed E-state index contributed by atoms with van der Waals surface area (Å²) in [6.07, 6.45) is 0. The normalized spacial score (nSPS) is 11.5. The van der Waals surface area contributed by atoms with Crippen molar-refractivity contribution in [2.45, 2.75) is 11.8 Å². The van der Waals surface area contributed by atoms with Crippen molar-refractivity contribution in [3.8, 4) is 22.2 Å². The summed E-state index contributed by atoms with van der Waals surface area (Å²) < 4.78 is 33.4. The Kier molecular flexibility index (Phi) is 5.55. The number of aromatic nitrogens is 2. The van der Waals surface area contributed by atoms with Crippen molar-refractivity contribution < 1.29 is 12.9 Å². The van der Waals surface area contributed by atoms with Gasteiger partial charge in [-0.05, 0) is 48.2 Å². The first-order valence-corrected chi connectivity index (χ1v) is 11.8. The third kappa shape index (κ3) is 3.94. The van der Waals surface area contributed by atoms with Crippen LogP contribution >= 0.6 is 11.3 Å². The van der Waals surface area contributed by atoms with Crippen molar-refractivity contribution in [3.63, 3.8) is 0 Å². The van der Waals surface area contributed by atoms with Crippen LogP contribution in [-0.4, -0.2) is 39.7 Å². The first kappa shape index (κ1) is 21.1. The first-order valence-electron chi connectivity index (χ1n) is 9.53. The number of nitrogens with zero attached hydrogens (tertiary/aromatic N) is 4. The van der Waals surface area contributed by atoms with Crippen LogP contribution in [-0.2, 0) is 10.0 Å². The summed E-state index contributed by atoms with van der Waals surface area (Å²) in [5, 5.41) is 5.77. The molecule has 4 aromatic rings. The number of aryl methyl sites for hydroxylation is 1. The number of benzene rings is 2. The van der Waals surface area contributed by atoms with E-state index in [9.17, 15) is 8.42 Å². The smallest absolute Gasteiger partial charge is 0.269 e. The fourth-order valence-corrected chi connectivity index (χ4v) is 5.66. The van der Waals surface area contributed by atoms with E-state index in [0.717, 1.165) is 16.8 Å². The molecule has 2 aromatic carbocycles. The van der Waals surface area contributed by atoms with E-state index in [1.165, 1.54) is 22.7 Å². The molecule has 0 saturated carbocycles. The maximum absolute atomic E-state index is 13.4. The first-order chi connectivity index (χ1) is 14.8. The van der Waals surface area contributed by atoms with E-state index in [-0.39, 0.29) is 10.8 Å². The molecule has 0 amide bonds. The lowest BCUT2D eigenvalue weighted by Gasteiger charge is -2.20. The molecule has 0 N–H and O–H groups in total. The van der Waals surface area contributed by atoms with E-state index in [1.54, 1.807) is 23.6 Å². The Morgan fingerprint density at radius 3 is 2.29 bits per heavy atom. The van der Waals surface area contributed by atoms with Gasteiger partial charge in [0.1, 0.15) is 9.77 Å². The Labute approximate surface area is 185 Å². The Balaban J connectivity index is 1.68. The number of sulfonamides is 1. The molecule has 4 rings (SSSR count). The Morgan fingerprint density at radius 1 is 0.935 bits per heavy atom. The summed E-state index contributed by atoms with van der Waals surface area (Å²) in [6.45, 7) is 1.96. The fourth-order valence-electron chi connectivity index (χ4n) is 3.15. The topological polar surface area (TPSA) is 79.5 Å². The van der Waals surface area contributed by atoms with Gasteiger partial charge in [0.25, 0.3) is 15.9 Å². The van der Waals surface area contributed by atoms with Crippen molar-refractivity contribution >= 4 is 32.7 Å². The van der Waals surface area contributed by atoms with Crippen LogP contribution in [0.3, 0.4) is 0 Å². The summed E-state index contributed by atoms with van der Waals surface area (Å²) in [5.74, 6) is 0.612. The highest BCUT2D eigenvalue weighted by Crippen LogP contribution is 2.36. The predicted molar refractivity (Wildman–Crippen MR) is 124 cm³/mol. The summed E-state index contributed by atoms with van der Waals surface area (Å²) in [6, 6.07) is 16.6. The SMILES string of the molecule is Cc1ccccc1-c1noc(-c2sccc2S(=O)(=O)N(C)c2ccc(N(C)C)cc2)n1. The molecule has 0 bridgehead atoms. The minimum absolute atomic E-state index is 0.136. The lowest BCUT2D eigenvalue weighted by molar-refractivity contribution is 0.432. The zero-order valence-electron chi connectivity index (χ0n) is 17.6. The fraction of sp³-hybridized carbons (Fsp3) is 0.182. The van der Waals surface area contributed by atoms with Gasteiger partial charge in [0.05, 0.1) is 5.69 Å². The Bertz CT molecular complexity index is 1310. The van der Waals surface area contributed by atoms with Crippen LogP contribution in [0.5, 0.6) is 0 Å². The van der Waals surface area contributed by atoms with Gasteiger partial charge in [-0.3, -0.25) is 4.31 Å². The number of thiophene rings is 1. The van der Waals surface area contributed by atoms with E-state index in [4.69, 9.17) is 4.52 Å². The summed E-state index contributed by atoms with van der Waals surface area (Å²) in [7, 11) is 1.58. The third-order valence-electron chi connectivity index (χ3n) is 5.00. The summed E-state index contributed by atoms with van der Waals surface area (Å²) in [4.78, 5) is 6.98. The van der Waals surface area contributed by atoms with Crippen LogP contribution in [0.1, 0.15) is 5.56 Å². The average Bonchev–Trinajstić information content (AvgIpc) is 3.43. The molecule has 0 aliphatic heterocycles. The molecule has 0 aliphatic carbocycles. The van der Waals surface area contributed by atoms with Crippen LogP contribution in [0.4, 0.5) is 11.4 Å². The van der Waals surface area contributed by atoms with Gasteiger partial charge in [-0.15, -0.1) is 11.3 Å². The van der Waals surface area contributed by atoms with Gasteiger partial charge < -0.3 is 9.42 Å². The standard InChI is InChI=1S/C22H22N4O3S2/c1-15-7-5-6-8-18(15)21-23-22(29-24-21)20-19(13-14-30-20)31(27,28)26(4)17-11-9-16(10-12-17)25(2)3/h5-14H,1-4H3. The second-order valence-electron chi connectivity index (χ2n) is 7.24. The van der Waals surface area contributed by atoms with Crippen LogP contribution < -0.4 is 9.21 Å². The second kappa shape index (κ2) is 8.16. The third-order valence-corrected chi connectivity index (χ3v) is 7.86. The van der Waals surface area contributed by atoms with Gasteiger partial charge in [-0.25, -0.2) is 8.42 Å². The van der Waals surface area contributed by atoms with Crippen molar-refractivity contribution in [1.29, 1.82) is 0 Å². The van der Waals surface area contributed by atoms with E-state index in [0.29, 0.717) is 16.4 Å². The quantitative estimate of drug-likeness (QED) is 0.421. The summed E-state index contributed by atoms with van der Waals surface area (Å²) in [5.41, 5.74) is 3.40. The highest BCUT2D eigenvalue weighted by atomic mass is 32.2. The molecule has 0 radical (unpaired) electrons. The van der Waals surface area contributed by atoms with Crippen molar-refractivity contribution in [2.75, 3.05) is 30.3 Å². The lowest BCUT2D eigenvalue weighted by atomic mass is 10.1. The molecule has 9 heteroatoms. The van der Waals surface area contributed by atoms with Crippen molar-refractivity contribution in [1.82, 2.24) is 10.1 Å². The molecule has 160 valence electrons. The highest BCUT2D eigenvalue weighted by Gasteiger charge is 2.28. The number of anilines is 2. The van der Waals surface area contributed by atoms with Gasteiger partial charge >= 0.3 is 0 Å².